The van der Waals surface area contributed by atoms with Crippen LogP contribution < -0.4 is 5.73 Å². The topological polar surface area (TPSA) is 89.9 Å². The van der Waals surface area contributed by atoms with Gasteiger partial charge in [-0.05, 0) is 26.0 Å². The number of hydrogen-bond acceptors (Lipinski definition) is 5. The van der Waals surface area contributed by atoms with Gasteiger partial charge in [0.15, 0.2) is 5.69 Å². The molecule has 0 saturated heterocycles. The van der Waals surface area contributed by atoms with E-state index < -0.39 is 0 Å². The number of hydrogen-bond donors (Lipinski definition) is 1. The van der Waals surface area contributed by atoms with Crippen LogP contribution in [0.2, 0.25) is 0 Å². The fraction of sp³-hybridized carbons (Fsp3) is 0.294. The number of nitrogens with two attached hydrogens (primary N) is 1. The van der Waals surface area contributed by atoms with E-state index in [1.165, 1.54) is 0 Å². The largest absolute Gasteiger partial charge is 0.336 e. The van der Waals surface area contributed by atoms with Crippen LogP contribution in [-0.2, 0) is 0 Å². The van der Waals surface area contributed by atoms with Gasteiger partial charge >= 0.3 is 0 Å². The maximum Gasteiger partial charge on any atom is 0.276 e. The minimum absolute atomic E-state index is 0.0642. The van der Waals surface area contributed by atoms with Crippen LogP contribution in [0.3, 0.4) is 0 Å². The van der Waals surface area contributed by atoms with E-state index in [1.807, 2.05) is 38.1 Å². The van der Waals surface area contributed by atoms with Crippen LogP contribution in [0, 0.1) is 6.92 Å². The van der Waals surface area contributed by atoms with Crippen LogP contribution in [0.15, 0.2) is 36.7 Å². The third kappa shape index (κ3) is 2.63. The minimum Gasteiger partial charge on any atom is -0.336 e. The van der Waals surface area contributed by atoms with E-state index in [0.717, 1.165) is 16.5 Å². The lowest BCUT2D eigenvalue weighted by molar-refractivity contribution is 0.0741. The molecule has 3 aromatic rings. The van der Waals surface area contributed by atoms with Gasteiger partial charge in [0.05, 0.1) is 11.4 Å². The van der Waals surface area contributed by atoms with E-state index in [9.17, 15) is 4.79 Å². The number of pyridine rings is 1. The summed E-state index contributed by atoms with van der Waals surface area (Å²) < 4.78 is 1.69. The van der Waals surface area contributed by atoms with Crippen molar-refractivity contribution in [2.24, 2.45) is 5.73 Å². The molecule has 2 N–H and O–H groups in total. The van der Waals surface area contributed by atoms with Crippen molar-refractivity contribution in [1.29, 1.82) is 0 Å². The first-order valence-corrected chi connectivity index (χ1v) is 7.77. The molecular weight excluding hydrogens is 304 g/mol. The van der Waals surface area contributed by atoms with Gasteiger partial charge in [-0.2, -0.15) is 0 Å². The summed E-state index contributed by atoms with van der Waals surface area (Å²) in [5.74, 6) is -0.182. The summed E-state index contributed by atoms with van der Waals surface area (Å²) >= 11 is 0. The Morgan fingerprint density at radius 2 is 2.17 bits per heavy atom. The van der Waals surface area contributed by atoms with E-state index in [4.69, 9.17) is 5.73 Å². The molecule has 1 amide bonds. The Hall–Kier alpha value is -2.80. The van der Waals surface area contributed by atoms with Crippen LogP contribution >= 0.6 is 0 Å². The van der Waals surface area contributed by atoms with Crippen LogP contribution in [0.1, 0.15) is 23.1 Å². The minimum atomic E-state index is -0.182. The zero-order chi connectivity index (χ0) is 17.3. The van der Waals surface area contributed by atoms with Crippen LogP contribution in [-0.4, -0.2) is 50.4 Å². The number of amides is 1. The number of benzene rings is 1. The first-order chi connectivity index (χ1) is 11.5. The molecular formula is C17H20N6O. The lowest BCUT2D eigenvalue weighted by Gasteiger charge is -2.22. The summed E-state index contributed by atoms with van der Waals surface area (Å²) in [4.78, 5) is 18.3. The molecule has 0 spiro atoms. The van der Waals surface area contributed by atoms with Gasteiger partial charge < -0.3 is 10.6 Å². The SMILES string of the molecule is Cc1c(C(=O)N(C)C(C)CN)nnn1-c1cccc2cnccc12. The van der Waals surface area contributed by atoms with Crippen molar-refractivity contribution in [3.8, 4) is 5.69 Å². The van der Waals surface area contributed by atoms with Crippen LogP contribution in [0.25, 0.3) is 16.5 Å². The maximum atomic E-state index is 12.6. The summed E-state index contributed by atoms with van der Waals surface area (Å²) in [5, 5.41) is 10.3. The number of carbonyl (C=O) groups is 1. The van der Waals surface area contributed by atoms with E-state index in [1.54, 1.807) is 29.0 Å². The van der Waals surface area contributed by atoms with Gasteiger partial charge in [-0.25, -0.2) is 4.68 Å². The summed E-state index contributed by atoms with van der Waals surface area (Å²) in [7, 11) is 1.72. The second-order valence-electron chi connectivity index (χ2n) is 5.81. The number of rotatable bonds is 4. The Morgan fingerprint density at radius 1 is 1.38 bits per heavy atom. The zero-order valence-electron chi connectivity index (χ0n) is 14.0. The standard InChI is InChI=1S/C17H20N6O/c1-11(9-18)22(3)17(24)16-12(2)23(21-20-16)15-6-4-5-13-10-19-8-7-14(13)15/h4-8,10-11H,9,18H2,1-3H3. The molecule has 0 aliphatic rings. The quantitative estimate of drug-likeness (QED) is 0.786. The summed E-state index contributed by atoms with van der Waals surface area (Å²) in [6.07, 6.45) is 3.54. The van der Waals surface area contributed by atoms with Gasteiger partial charge in [0.1, 0.15) is 0 Å². The Labute approximate surface area is 140 Å². The van der Waals surface area contributed by atoms with Gasteiger partial charge in [0, 0.05) is 42.8 Å². The summed E-state index contributed by atoms with van der Waals surface area (Å²) in [6, 6.07) is 7.73. The Balaban J connectivity index is 2.05. The number of carbonyl (C=O) groups excluding carboxylic acids is 1. The predicted octanol–water partition coefficient (Wildman–Crippen LogP) is 1.54. The second kappa shape index (κ2) is 6.37. The zero-order valence-corrected chi connectivity index (χ0v) is 14.0. The van der Waals surface area contributed by atoms with E-state index >= 15 is 0 Å². The molecule has 2 aromatic heterocycles. The Kier molecular flexibility index (Phi) is 4.26. The lowest BCUT2D eigenvalue weighted by Crippen LogP contribution is -2.40. The Bertz CT molecular complexity index is 882. The molecule has 1 atom stereocenters. The van der Waals surface area contributed by atoms with Crippen LogP contribution in [0.5, 0.6) is 0 Å². The molecule has 24 heavy (non-hydrogen) atoms. The normalized spacial score (nSPS) is 12.3. The second-order valence-corrected chi connectivity index (χ2v) is 5.81. The highest BCUT2D eigenvalue weighted by atomic mass is 16.2. The van der Waals surface area contributed by atoms with Crippen molar-refractivity contribution < 1.29 is 4.79 Å². The van der Waals surface area contributed by atoms with Gasteiger partial charge in [0.25, 0.3) is 5.91 Å². The third-order valence-electron chi connectivity index (χ3n) is 4.31. The molecule has 2 heterocycles. The molecule has 0 aliphatic carbocycles. The molecule has 0 saturated carbocycles. The molecule has 0 radical (unpaired) electrons. The highest BCUT2D eigenvalue weighted by molar-refractivity contribution is 5.94. The van der Waals surface area contributed by atoms with Crippen molar-refractivity contribution in [3.05, 3.63) is 48.0 Å². The molecule has 124 valence electrons. The molecule has 0 aliphatic heterocycles. The first-order valence-electron chi connectivity index (χ1n) is 7.77. The van der Waals surface area contributed by atoms with Crippen LogP contribution in [0.4, 0.5) is 0 Å². The average molecular weight is 324 g/mol. The average Bonchev–Trinajstić information content (AvgIpc) is 3.00. The monoisotopic (exact) mass is 324 g/mol. The number of aromatic nitrogens is 4. The maximum absolute atomic E-state index is 12.6. The summed E-state index contributed by atoms with van der Waals surface area (Å²) in [5.41, 5.74) is 7.54. The first kappa shape index (κ1) is 16.1. The van der Waals surface area contributed by atoms with Crippen molar-refractivity contribution in [2.75, 3.05) is 13.6 Å². The van der Waals surface area contributed by atoms with E-state index in [2.05, 4.69) is 15.3 Å². The fourth-order valence-corrected chi connectivity index (χ4v) is 2.57. The predicted molar refractivity (Wildman–Crippen MR) is 92.0 cm³/mol. The highest BCUT2D eigenvalue weighted by Crippen LogP contribution is 2.22. The number of nitrogens with zero attached hydrogens (tertiary/aromatic N) is 5. The fourth-order valence-electron chi connectivity index (χ4n) is 2.57. The smallest absolute Gasteiger partial charge is 0.276 e. The molecule has 1 unspecified atom stereocenters. The molecule has 0 fully saturated rings. The van der Waals surface area contributed by atoms with Gasteiger partial charge in [-0.15, -0.1) is 5.10 Å². The van der Waals surface area contributed by atoms with Crippen molar-refractivity contribution in [2.45, 2.75) is 19.9 Å². The van der Waals surface area contributed by atoms with Gasteiger partial charge in [-0.1, -0.05) is 17.3 Å². The molecule has 3 rings (SSSR count). The molecule has 1 aromatic carbocycles. The van der Waals surface area contributed by atoms with E-state index in [0.29, 0.717) is 17.9 Å². The summed E-state index contributed by atoms with van der Waals surface area (Å²) in [6.45, 7) is 4.13. The highest BCUT2D eigenvalue weighted by Gasteiger charge is 2.23. The van der Waals surface area contributed by atoms with Crippen molar-refractivity contribution in [1.82, 2.24) is 24.9 Å². The number of fused-ring (bicyclic) bond motifs is 1. The Morgan fingerprint density at radius 3 is 2.92 bits per heavy atom. The van der Waals surface area contributed by atoms with Crippen molar-refractivity contribution in [3.63, 3.8) is 0 Å². The third-order valence-corrected chi connectivity index (χ3v) is 4.31. The number of likely N-dealkylation sites (N-methyl/N-ethyl adjacent to an activating group) is 1. The molecule has 7 heteroatoms. The molecule has 0 bridgehead atoms. The lowest BCUT2D eigenvalue weighted by atomic mass is 10.1. The molecule has 7 nitrogen and oxygen atoms in total. The van der Waals surface area contributed by atoms with Gasteiger partial charge in [0.2, 0.25) is 0 Å². The van der Waals surface area contributed by atoms with Crippen molar-refractivity contribution >= 4 is 16.7 Å². The van der Waals surface area contributed by atoms with Gasteiger partial charge in [-0.3, -0.25) is 9.78 Å². The van der Waals surface area contributed by atoms with E-state index in [-0.39, 0.29) is 11.9 Å².